The summed E-state index contributed by atoms with van der Waals surface area (Å²) in [4.78, 5) is 14.5. The van der Waals surface area contributed by atoms with E-state index in [1.807, 2.05) is 117 Å². The van der Waals surface area contributed by atoms with Gasteiger partial charge in [-0.05, 0) is 51.0 Å². The van der Waals surface area contributed by atoms with Gasteiger partial charge in [-0.3, -0.25) is 0 Å². The van der Waals surface area contributed by atoms with E-state index in [0.29, 0.717) is 23.0 Å². The molecule has 0 atom stereocenters. The molecule has 0 amide bonds. The highest BCUT2D eigenvalue weighted by atomic mass is 16.5. The fourth-order valence-corrected chi connectivity index (χ4v) is 4.01. The fraction of sp³-hybridized carbons (Fsp3) is 0.176. The lowest BCUT2D eigenvalue weighted by atomic mass is 9.82. The molecule has 1 heterocycles. The molecule has 0 spiro atoms. The number of hydrogen-bond donors (Lipinski definition) is 1. The van der Waals surface area contributed by atoms with Crippen molar-refractivity contribution in [1.29, 1.82) is 5.26 Å². The Kier molecular flexibility index (Phi) is 7.80. The topological polar surface area (TPSA) is 91.9 Å². The van der Waals surface area contributed by atoms with Crippen molar-refractivity contribution in [2.24, 2.45) is 0 Å². The summed E-state index contributed by atoms with van der Waals surface area (Å²) in [5.74, 6) is 1.69. The van der Waals surface area contributed by atoms with E-state index in [4.69, 9.17) is 24.9 Å². The number of hydrogen-bond acceptors (Lipinski definition) is 6. The Morgan fingerprint density at radius 2 is 1.12 bits per heavy atom. The number of aromatic nitrogens is 3. The first-order chi connectivity index (χ1) is 19.6. The predicted octanol–water partition coefficient (Wildman–Crippen LogP) is 6.22. The molecule has 6 nitrogen and oxygen atoms in total. The lowest BCUT2D eigenvalue weighted by Crippen LogP contribution is -2.49. The van der Waals surface area contributed by atoms with Gasteiger partial charge in [0.2, 0.25) is 0 Å². The minimum Gasteiger partial charge on any atom is -0.427 e. The van der Waals surface area contributed by atoms with Crippen LogP contribution in [0.15, 0.2) is 103 Å². The number of aliphatic hydroxyl groups is 1. The largest absolute Gasteiger partial charge is 0.427 e. The molecule has 0 bridgehead atoms. The average Bonchev–Trinajstić information content (AvgIpc) is 3.00. The lowest BCUT2D eigenvalue weighted by molar-refractivity contribution is -0.0893. The maximum atomic E-state index is 10.5. The average molecular weight is 537 g/mol. The highest BCUT2D eigenvalue weighted by molar-refractivity contribution is 6.47. The van der Waals surface area contributed by atoms with E-state index in [0.717, 1.165) is 33.3 Å². The van der Waals surface area contributed by atoms with Crippen molar-refractivity contribution in [3.05, 3.63) is 109 Å². The van der Waals surface area contributed by atoms with Crippen LogP contribution in [0.25, 0.3) is 45.3 Å². The Hall–Kier alpha value is -4.64. The van der Waals surface area contributed by atoms with Crippen molar-refractivity contribution in [1.82, 2.24) is 15.0 Å². The van der Waals surface area contributed by atoms with Gasteiger partial charge >= 0.3 is 7.48 Å². The fourth-order valence-electron chi connectivity index (χ4n) is 4.01. The molecule has 5 rings (SSSR count). The van der Waals surface area contributed by atoms with Crippen LogP contribution in [0.4, 0.5) is 0 Å². The smallest absolute Gasteiger partial charge is 0.330 e. The molecule has 0 aliphatic carbocycles. The van der Waals surface area contributed by atoms with Crippen molar-refractivity contribution < 1.29 is 9.76 Å². The Bertz CT molecular complexity index is 1690. The first kappa shape index (κ1) is 27.9. The second-order valence-corrected chi connectivity index (χ2v) is 10.9. The molecule has 0 unspecified atom stereocenters. The Morgan fingerprint density at radius 3 is 1.68 bits per heavy atom. The van der Waals surface area contributed by atoms with Crippen LogP contribution in [-0.2, 0) is 4.65 Å². The van der Waals surface area contributed by atoms with Crippen molar-refractivity contribution in [3.63, 3.8) is 0 Å². The minimum atomic E-state index is -1.02. The molecular weight excluding hydrogens is 507 g/mol. The molecule has 0 saturated carbocycles. The van der Waals surface area contributed by atoms with E-state index in [1.165, 1.54) is 0 Å². The monoisotopic (exact) mass is 537 g/mol. The second kappa shape index (κ2) is 11.5. The highest BCUT2D eigenvalue weighted by Gasteiger charge is 2.35. The quantitative estimate of drug-likeness (QED) is 0.236. The normalized spacial score (nSPS) is 11.6. The van der Waals surface area contributed by atoms with Crippen molar-refractivity contribution >= 4 is 12.9 Å². The maximum Gasteiger partial charge on any atom is 0.330 e. The molecule has 0 aliphatic heterocycles. The van der Waals surface area contributed by atoms with Crippen LogP contribution in [0.5, 0.6) is 0 Å². The number of rotatable bonds is 8. The standard InChI is InChI=1S/C34H30BN4O2/c1-33(2,40)34(3,4)41-35-29-12-8-11-28(21-29)32-38-30(26-9-6-5-7-10-26)37-31(39-32)27-19-17-25(18-20-27)24-15-13-23(22-36)14-16-24/h5-21,40H,1-4H3. The molecule has 0 fully saturated rings. The number of nitrogens with zero attached hydrogens (tertiary/aromatic N) is 4. The van der Waals surface area contributed by atoms with E-state index in [1.54, 1.807) is 21.3 Å². The molecule has 0 saturated heterocycles. The van der Waals surface area contributed by atoms with Crippen molar-refractivity contribution in [2.75, 3.05) is 0 Å². The third kappa shape index (κ3) is 6.41. The number of benzene rings is 4. The molecule has 4 aromatic carbocycles. The Balaban J connectivity index is 1.50. The van der Waals surface area contributed by atoms with Gasteiger partial charge in [0.15, 0.2) is 17.5 Å². The highest BCUT2D eigenvalue weighted by Crippen LogP contribution is 2.28. The summed E-state index contributed by atoms with van der Waals surface area (Å²) in [6.07, 6.45) is 0. The zero-order valence-electron chi connectivity index (χ0n) is 23.5. The van der Waals surface area contributed by atoms with Crippen LogP contribution in [-0.4, -0.2) is 38.7 Å². The number of nitriles is 1. The van der Waals surface area contributed by atoms with Gasteiger partial charge in [0.1, 0.15) is 0 Å². The van der Waals surface area contributed by atoms with Gasteiger partial charge in [-0.1, -0.05) is 96.5 Å². The predicted molar refractivity (Wildman–Crippen MR) is 163 cm³/mol. The third-order valence-corrected chi connectivity index (χ3v) is 7.27. The molecule has 1 radical (unpaired) electrons. The molecule has 41 heavy (non-hydrogen) atoms. The first-order valence-corrected chi connectivity index (χ1v) is 13.4. The minimum absolute atomic E-state index is 0.544. The van der Waals surface area contributed by atoms with Crippen LogP contribution in [0, 0.1) is 11.3 Å². The summed E-state index contributed by atoms with van der Waals surface area (Å²) in [5, 5.41) is 19.5. The molecule has 1 aromatic heterocycles. The summed E-state index contributed by atoms with van der Waals surface area (Å²) in [5.41, 5.74) is 4.29. The van der Waals surface area contributed by atoms with Gasteiger partial charge in [-0.25, -0.2) is 15.0 Å². The summed E-state index contributed by atoms with van der Waals surface area (Å²) in [7, 11) is 1.66. The molecule has 0 aliphatic rings. The van der Waals surface area contributed by atoms with Gasteiger partial charge in [0.25, 0.3) is 0 Å². The zero-order valence-corrected chi connectivity index (χ0v) is 23.5. The van der Waals surface area contributed by atoms with Crippen LogP contribution < -0.4 is 5.46 Å². The van der Waals surface area contributed by atoms with E-state index >= 15 is 0 Å². The maximum absolute atomic E-state index is 10.5. The van der Waals surface area contributed by atoms with Gasteiger partial charge in [0, 0.05) is 16.7 Å². The zero-order chi connectivity index (χ0) is 29.0. The van der Waals surface area contributed by atoms with Crippen LogP contribution in [0.3, 0.4) is 0 Å². The summed E-state index contributed by atoms with van der Waals surface area (Å²) >= 11 is 0. The van der Waals surface area contributed by atoms with Crippen molar-refractivity contribution in [3.8, 4) is 51.4 Å². The molecule has 5 aromatic rings. The van der Waals surface area contributed by atoms with E-state index in [-0.39, 0.29) is 0 Å². The molecule has 1 N–H and O–H groups in total. The van der Waals surface area contributed by atoms with Gasteiger partial charge < -0.3 is 9.76 Å². The molecule has 7 heteroatoms. The van der Waals surface area contributed by atoms with Gasteiger partial charge in [-0.2, -0.15) is 5.26 Å². The van der Waals surface area contributed by atoms with E-state index in [2.05, 4.69) is 6.07 Å². The van der Waals surface area contributed by atoms with Crippen LogP contribution in [0.1, 0.15) is 33.3 Å². The van der Waals surface area contributed by atoms with Crippen LogP contribution >= 0.6 is 0 Å². The lowest BCUT2D eigenvalue weighted by Gasteiger charge is -2.37. The summed E-state index contributed by atoms with van der Waals surface area (Å²) in [6.45, 7) is 7.16. The van der Waals surface area contributed by atoms with Gasteiger partial charge in [0.05, 0.1) is 22.8 Å². The van der Waals surface area contributed by atoms with Gasteiger partial charge in [-0.15, -0.1) is 0 Å². The van der Waals surface area contributed by atoms with Crippen LogP contribution in [0.2, 0.25) is 0 Å². The molecule has 201 valence electrons. The first-order valence-electron chi connectivity index (χ1n) is 13.4. The Morgan fingerprint density at radius 1 is 0.634 bits per heavy atom. The summed E-state index contributed by atoms with van der Waals surface area (Å²) in [6, 6.07) is 35.4. The van der Waals surface area contributed by atoms with Crippen molar-refractivity contribution in [2.45, 2.75) is 38.9 Å². The second-order valence-electron chi connectivity index (χ2n) is 10.9. The third-order valence-electron chi connectivity index (χ3n) is 7.27. The van der Waals surface area contributed by atoms with E-state index < -0.39 is 11.2 Å². The summed E-state index contributed by atoms with van der Waals surface area (Å²) < 4.78 is 5.97. The van der Waals surface area contributed by atoms with E-state index in [9.17, 15) is 5.11 Å². The molecular formula is C34H30BN4O2. The Labute approximate surface area is 241 Å². The SMILES string of the molecule is CC(C)(O)C(C)(C)O[B]c1cccc(-c2nc(-c3ccccc3)nc(-c3ccc(-c4ccc(C#N)cc4)cc3)n2)c1.